The van der Waals surface area contributed by atoms with Crippen LogP contribution in [0.3, 0.4) is 0 Å². The molecular weight excluding hydrogens is 162 g/mol. The van der Waals surface area contributed by atoms with Gasteiger partial charge in [-0.1, -0.05) is 13.8 Å². The summed E-state index contributed by atoms with van der Waals surface area (Å²) in [4.78, 5) is 4.22. The number of imidazole rings is 1. The van der Waals surface area contributed by atoms with E-state index in [1.807, 2.05) is 19.3 Å². The summed E-state index contributed by atoms with van der Waals surface area (Å²) < 4.78 is 2.15. The fourth-order valence-electron chi connectivity index (χ4n) is 1.51. The minimum absolute atomic E-state index is 1.07. The van der Waals surface area contributed by atoms with Crippen LogP contribution in [0.5, 0.6) is 0 Å². The van der Waals surface area contributed by atoms with Crippen LogP contribution >= 0.6 is 0 Å². The molecule has 0 aromatic carbocycles. The molecule has 0 aliphatic rings. The van der Waals surface area contributed by atoms with E-state index in [-0.39, 0.29) is 0 Å². The SMILES string of the molecule is CCCN(CCC)n1ccnc1C. The predicted molar refractivity (Wildman–Crippen MR) is 55.5 cm³/mol. The second-order valence-electron chi connectivity index (χ2n) is 3.27. The Kier molecular flexibility index (Phi) is 3.80. The number of nitrogens with zero attached hydrogens (tertiary/aromatic N) is 3. The van der Waals surface area contributed by atoms with Crippen molar-refractivity contribution < 1.29 is 0 Å². The van der Waals surface area contributed by atoms with Crippen LogP contribution in [0.25, 0.3) is 0 Å². The molecule has 1 aromatic heterocycles. The lowest BCUT2D eigenvalue weighted by molar-refractivity contribution is 0.557. The molecule has 1 aromatic rings. The van der Waals surface area contributed by atoms with Gasteiger partial charge in [-0.05, 0) is 19.8 Å². The summed E-state index contributed by atoms with van der Waals surface area (Å²) in [5.74, 6) is 1.07. The quantitative estimate of drug-likeness (QED) is 0.692. The summed E-state index contributed by atoms with van der Waals surface area (Å²) in [6.07, 6.45) is 6.24. The highest BCUT2D eigenvalue weighted by Gasteiger charge is 2.04. The average molecular weight is 181 g/mol. The fourth-order valence-corrected chi connectivity index (χ4v) is 1.51. The van der Waals surface area contributed by atoms with Crippen molar-refractivity contribution in [1.29, 1.82) is 0 Å². The molecule has 0 aliphatic carbocycles. The lowest BCUT2D eigenvalue weighted by Gasteiger charge is -2.25. The summed E-state index contributed by atoms with van der Waals surface area (Å²) in [5, 5.41) is 2.34. The molecule has 3 heteroatoms. The van der Waals surface area contributed by atoms with Gasteiger partial charge in [-0.3, -0.25) is 0 Å². The monoisotopic (exact) mass is 181 g/mol. The second-order valence-corrected chi connectivity index (χ2v) is 3.27. The Bertz CT molecular complexity index is 236. The molecule has 0 aliphatic heterocycles. The van der Waals surface area contributed by atoms with E-state index in [2.05, 4.69) is 28.5 Å². The van der Waals surface area contributed by atoms with E-state index in [4.69, 9.17) is 0 Å². The number of hydrogen-bond acceptors (Lipinski definition) is 2. The third-order valence-electron chi connectivity index (χ3n) is 2.07. The van der Waals surface area contributed by atoms with Crippen LogP contribution in [0.4, 0.5) is 0 Å². The molecular formula is C10H19N3. The van der Waals surface area contributed by atoms with Crippen molar-refractivity contribution in [2.75, 3.05) is 18.1 Å². The van der Waals surface area contributed by atoms with Gasteiger partial charge in [0.1, 0.15) is 5.82 Å². The van der Waals surface area contributed by atoms with Gasteiger partial charge < -0.3 is 5.01 Å². The molecule has 0 bridgehead atoms. The topological polar surface area (TPSA) is 21.1 Å². The lowest BCUT2D eigenvalue weighted by Crippen LogP contribution is -2.36. The Morgan fingerprint density at radius 2 is 1.92 bits per heavy atom. The molecule has 74 valence electrons. The van der Waals surface area contributed by atoms with Crippen LogP contribution in [-0.4, -0.2) is 22.7 Å². The molecule has 1 heterocycles. The molecule has 0 saturated carbocycles. The van der Waals surface area contributed by atoms with Gasteiger partial charge in [-0.15, -0.1) is 0 Å². The fraction of sp³-hybridized carbons (Fsp3) is 0.700. The van der Waals surface area contributed by atoms with E-state index in [1.165, 1.54) is 12.8 Å². The van der Waals surface area contributed by atoms with Crippen molar-refractivity contribution in [3.8, 4) is 0 Å². The largest absolute Gasteiger partial charge is 0.312 e. The summed E-state index contributed by atoms with van der Waals surface area (Å²) in [5.41, 5.74) is 0. The first kappa shape index (κ1) is 10.1. The van der Waals surface area contributed by atoms with E-state index in [9.17, 15) is 0 Å². The van der Waals surface area contributed by atoms with Crippen LogP contribution in [0, 0.1) is 6.92 Å². The number of rotatable bonds is 5. The van der Waals surface area contributed by atoms with E-state index in [1.54, 1.807) is 0 Å². The van der Waals surface area contributed by atoms with Gasteiger partial charge in [0.2, 0.25) is 0 Å². The minimum Gasteiger partial charge on any atom is -0.312 e. The van der Waals surface area contributed by atoms with Gasteiger partial charge >= 0.3 is 0 Å². The number of aryl methyl sites for hydroxylation is 1. The first-order valence-corrected chi connectivity index (χ1v) is 5.04. The predicted octanol–water partition coefficient (Wildman–Crippen LogP) is 1.95. The second kappa shape index (κ2) is 4.90. The molecule has 13 heavy (non-hydrogen) atoms. The van der Waals surface area contributed by atoms with Gasteiger partial charge in [-0.2, -0.15) is 0 Å². The highest BCUT2D eigenvalue weighted by atomic mass is 15.6. The zero-order valence-electron chi connectivity index (χ0n) is 8.82. The van der Waals surface area contributed by atoms with Crippen LogP contribution < -0.4 is 5.01 Å². The highest BCUT2D eigenvalue weighted by Crippen LogP contribution is 1.99. The maximum Gasteiger partial charge on any atom is 0.124 e. The third kappa shape index (κ3) is 2.47. The van der Waals surface area contributed by atoms with Crippen LogP contribution in [-0.2, 0) is 0 Å². The molecule has 0 saturated heterocycles. The van der Waals surface area contributed by atoms with Crippen LogP contribution in [0.1, 0.15) is 32.5 Å². The first-order chi connectivity index (χ1) is 6.29. The van der Waals surface area contributed by atoms with Gasteiger partial charge in [0.25, 0.3) is 0 Å². The molecule has 0 radical (unpaired) electrons. The Morgan fingerprint density at radius 3 is 2.31 bits per heavy atom. The van der Waals surface area contributed by atoms with E-state index >= 15 is 0 Å². The van der Waals surface area contributed by atoms with Crippen molar-refractivity contribution in [2.45, 2.75) is 33.6 Å². The Morgan fingerprint density at radius 1 is 1.31 bits per heavy atom. The van der Waals surface area contributed by atoms with E-state index in [0.717, 1.165) is 18.9 Å². The van der Waals surface area contributed by atoms with Crippen molar-refractivity contribution in [1.82, 2.24) is 9.66 Å². The molecule has 0 amide bonds. The molecule has 1 rings (SSSR count). The van der Waals surface area contributed by atoms with Crippen LogP contribution in [0.15, 0.2) is 12.4 Å². The standard InChI is InChI=1S/C10H19N3/c1-4-7-12(8-5-2)13-9-6-11-10(13)3/h6,9H,4-5,7-8H2,1-3H3. The van der Waals surface area contributed by atoms with Gasteiger partial charge in [-0.25, -0.2) is 9.66 Å². The third-order valence-corrected chi connectivity index (χ3v) is 2.07. The Balaban J connectivity index is 2.69. The molecule has 3 nitrogen and oxygen atoms in total. The molecule has 0 fully saturated rings. The number of aromatic nitrogens is 2. The molecule has 0 spiro atoms. The summed E-state index contributed by atoms with van der Waals surface area (Å²) in [6.45, 7) is 8.65. The van der Waals surface area contributed by atoms with Crippen LogP contribution in [0.2, 0.25) is 0 Å². The molecule has 0 atom stereocenters. The zero-order valence-corrected chi connectivity index (χ0v) is 8.82. The van der Waals surface area contributed by atoms with Gasteiger partial charge in [0, 0.05) is 25.5 Å². The number of hydrogen-bond donors (Lipinski definition) is 0. The van der Waals surface area contributed by atoms with E-state index < -0.39 is 0 Å². The molecule has 0 N–H and O–H groups in total. The summed E-state index contributed by atoms with van der Waals surface area (Å²) in [6, 6.07) is 0. The van der Waals surface area contributed by atoms with Crippen molar-refractivity contribution >= 4 is 0 Å². The van der Waals surface area contributed by atoms with Gasteiger partial charge in [0.15, 0.2) is 0 Å². The Hall–Kier alpha value is -0.990. The van der Waals surface area contributed by atoms with Crippen molar-refractivity contribution in [3.05, 3.63) is 18.2 Å². The summed E-state index contributed by atoms with van der Waals surface area (Å²) in [7, 11) is 0. The zero-order chi connectivity index (χ0) is 9.68. The first-order valence-electron chi connectivity index (χ1n) is 5.04. The highest BCUT2D eigenvalue weighted by molar-refractivity contribution is 4.97. The normalized spacial score (nSPS) is 10.4. The lowest BCUT2D eigenvalue weighted by atomic mass is 10.4. The smallest absolute Gasteiger partial charge is 0.124 e. The Labute approximate surface area is 80.4 Å². The maximum atomic E-state index is 4.22. The molecule has 0 unspecified atom stereocenters. The van der Waals surface area contributed by atoms with Crippen molar-refractivity contribution in [3.63, 3.8) is 0 Å². The summed E-state index contributed by atoms with van der Waals surface area (Å²) >= 11 is 0. The van der Waals surface area contributed by atoms with E-state index in [0.29, 0.717) is 0 Å². The minimum atomic E-state index is 1.07. The maximum absolute atomic E-state index is 4.22. The van der Waals surface area contributed by atoms with Gasteiger partial charge in [0.05, 0.1) is 0 Å². The van der Waals surface area contributed by atoms with Crippen molar-refractivity contribution in [2.24, 2.45) is 0 Å². The average Bonchev–Trinajstić information content (AvgIpc) is 2.51.